The first-order valence-corrected chi connectivity index (χ1v) is 7.65. The summed E-state index contributed by atoms with van der Waals surface area (Å²) in [4.78, 5) is 4.25. The number of guanidine groups is 1. The van der Waals surface area contributed by atoms with Crippen LogP contribution >= 0.6 is 0 Å². The highest BCUT2D eigenvalue weighted by Crippen LogP contribution is 2.02. The van der Waals surface area contributed by atoms with Crippen molar-refractivity contribution >= 4 is 5.96 Å². The topological polar surface area (TPSA) is 54.2 Å². The summed E-state index contributed by atoms with van der Waals surface area (Å²) in [6.45, 7) is 3.77. The van der Waals surface area contributed by atoms with Gasteiger partial charge in [0.15, 0.2) is 5.96 Å². The Bertz CT molecular complexity index is 598. The van der Waals surface area contributed by atoms with E-state index < -0.39 is 0 Å². The fraction of sp³-hybridized carbons (Fsp3) is 0.412. The lowest BCUT2D eigenvalue weighted by Gasteiger charge is -2.11. The minimum atomic E-state index is 0.780. The van der Waals surface area contributed by atoms with Gasteiger partial charge < -0.3 is 10.6 Å². The summed E-state index contributed by atoms with van der Waals surface area (Å²) in [7, 11) is 3.74. The van der Waals surface area contributed by atoms with E-state index in [1.165, 1.54) is 16.7 Å². The minimum Gasteiger partial charge on any atom is -0.356 e. The minimum absolute atomic E-state index is 0.780. The van der Waals surface area contributed by atoms with Crippen molar-refractivity contribution in [3.8, 4) is 0 Å². The molecule has 5 heteroatoms. The zero-order chi connectivity index (χ0) is 15.8. The van der Waals surface area contributed by atoms with Crippen LogP contribution in [0.15, 0.2) is 41.7 Å². The maximum Gasteiger partial charge on any atom is 0.191 e. The molecule has 0 fully saturated rings. The third-order valence-corrected chi connectivity index (χ3v) is 3.50. The molecule has 1 aromatic carbocycles. The number of rotatable bonds is 6. The van der Waals surface area contributed by atoms with Gasteiger partial charge in [-0.15, -0.1) is 0 Å². The number of nitrogens with zero attached hydrogens (tertiary/aromatic N) is 3. The predicted octanol–water partition coefficient (Wildman–Crippen LogP) is 2.03. The molecule has 0 aliphatic heterocycles. The number of aryl methyl sites for hydroxylation is 3. The van der Waals surface area contributed by atoms with Crippen LogP contribution in [0.5, 0.6) is 0 Å². The van der Waals surface area contributed by atoms with Gasteiger partial charge in [0, 0.05) is 33.4 Å². The molecule has 0 amide bonds. The first-order chi connectivity index (χ1) is 10.7. The van der Waals surface area contributed by atoms with Crippen LogP contribution in [0.1, 0.15) is 23.1 Å². The molecule has 1 heterocycles. The van der Waals surface area contributed by atoms with Gasteiger partial charge in [-0.1, -0.05) is 29.8 Å². The van der Waals surface area contributed by atoms with Crippen molar-refractivity contribution in [1.82, 2.24) is 20.4 Å². The highest BCUT2D eigenvalue weighted by atomic mass is 15.2. The lowest BCUT2D eigenvalue weighted by atomic mass is 10.1. The van der Waals surface area contributed by atoms with E-state index in [1.54, 1.807) is 7.05 Å². The fourth-order valence-electron chi connectivity index (χ4n) is 2.21. The predicted molar refractivity (Wildman–Crippen MR) is 90.9 cm³/mol. The molecule has 2 aromatic rings. The summed E-state index contributed by atoms with van der Waals surface area (Å²) in [6, 6.07) is 8.53. The van der Waals surface area contributed by atoms with Gasteiger partial charge in [0.05, 0.1) is 6.20 Å². The number of aliphatic imine (C=N–C) groups is 1. The SMILES string of the molecule is CN=C(NCCCc1cnn(C)c1)NCc1ccc(C)cc1. The van der Waals surface area contributed by atoms with Crippen molar-refractivity contribution in [3.63, 3.8) is 0 Å². The van der Waals surface area contributed by atoms with E-state index >= 15 is 0 Å². The molecule has 22 heavy (non-hydrogen) atoms. The highest BCUT2D eigenvalue weighted by Gasteiger charge is 1.99. The molecule has 0 aliphatic carbocycles. The molecule has 0 saturated carbocycles. The third kappa shape index (κ3) is 5.24. The van der Waals surface area contributed by atoms with Crippen molar-refractivity contribution < 1.29 is 0 Å². The molecule has 5 nitrogen and oxygen atoms in total. The fourth-order valence-corrected chi connectivity index (χ4v) is 2.21. The van der Waals surface area contributed by atoms with Crippen LogP contribution in [0, 0.1) is 6.92 Å². The molecule has 0 saturated heterocycles. The van der Waals surface area contributed by atoms with E-state index in [0.717, 1.165) is 31.9 Å². The van der Waals surface area contributed by atoms with Crippen molar-refractivity contribution in [2.75, 3.05) is 13.6 Å². The van der Waals surface area contributed by atoms with Gasteiger partial charge in [-0.05, 0) is 30.9 Å². The molecule has 0 atom stereocenters. The van der Waals surface area contributed by atoms with Crippen molar-refractivity contribution in [2.24, 2.45) is 12.0 Å². The second kappa shape index (κ2) is 8.22. The summed E-state index contributed by atoms with van der Waals surface area (Å²) < 4.78 is 1.84. The second-order valence-electron chi connectivity index (χ2n) is 5.46. The maximum atomic E-state index is 4.25. The van der Waals surface area contributed by atoms with Crippen LogP contribution in [0.3, 0.4) is 0 Å². The average Bonchev–Trinajstić information content (AvgIpc) is 2.94. The van der Waals surface area contributed by atoms with Gasteiger partial charge in [0.25, 0.3) is 0 Å². The molecule has 2 rings (SSSR count). The Morgan fingerprint density at radius 1 is 1.18 bits per heavy atom. The average molecular weight is 299 g/mol. The lowest BCUT2D eigenvalue weighted by molar-refractivity contribution is 0.739. The first kappa shape index (κ1) is 16.1. The molecule has 0 unspecified atom stereocenters. The lowest BCUT2D eigenvalue weighted by Crippen LogP contribution is -2.37. The van der Waals surface area contributed by atoms with E-state index in [4.69, 9.17) is 0 Å². The molecule has 1 aromatic heterocycles. The van der Waals surface area contributed by atoms with E-state index in [0.29, 0.717) is 0 Å². The van der Waals surface area contributed by atoms with Gasteiger partial charge in [0.2, 0.25) is 0 Å². The molecular weight excluding hydrogens is 274 g/mol. The number of hydrogen-bond donors (Lipinski definition) is 2. The van der Waals surface area contributed by atoms with Gasteiger partial charge in [-0.2, -0.15) is 5.10 Å². The molecule has 0 aliphatic rings. The van der Waals surface area contributed by atoms with Gasteiger partial charge in [-0.3, -0.25) is 9.67 Å². The Labute approximate surface area is 132 Å². The van der Waals surface area contributed by atoms with Gasteiger partial charge in [-0.25, -0.2) is 0 Å². The van der Waals surface area contributed by atoms with Crippen LogP contribution in [-0.4, -0.2) is 29.3 Å². The second-order valence-corrected chi connectivity index (χ2v) is 5.46. The summed E-state index contributed by atoms with van der Waals surface area (Å²) in [6.07, 6.45) is 6.06. The van der Waals surface area contributed by atoms with Gasteiger partial charge >= 0.3 is 0 Å². The summed E-state index contributed by atoms with van der Waals surface area (Å²) in [5.74, 6) is 0.840. The molecule has 118 valence electrons. The van der Waals surface area contributed by atoms with Gasteiger partial charge in [0.1, 0.15) is 0 Å². The quantitative estimate of drug-likeness (QED) is 0.487. The number of aromatic nitrogens is 2. The number of nitrogens with one attached hydrogen (secondary N) is 2. The van der Waals surface area contributed by atoms with Crippen LogP contribution in [0.4, 0.5) is 0 Å². The Kier molecular flexibility index (Phi) is 6.01. The number of benzene rings is 1. The Hall–Kier alpha value is -2.30. The van der Waals surface area contributed by atoms with E-state index in [-0.39, 0.29) is 0 Å². The Balaban J connectivity index is 1.67. The largest absolute Gasteiger partial charge is 0.356 e. The smallest absolute Gasteiger partial charge is 0.191 e. The Morgan fingerprint density at radius 3 is 2.59 bits per heavy atom. The zero-order valence-electron chi connectivity index (χ0n) is 13.6. The molecular formula is C17H25N5. The van der Waals surface area contributed by atoms with Crippen molar-refractivity contribution in [2.45, 2.75) is 26.3 Å². The van der Waals surface area contributed by atoms with Crippen LogP contribution < -0.4 is 10.6 Å². The first-order valence-electron chi connectivity index (χ1n) is 7.65. The number of hydrogen-bond acceptors (Lipinski definition) is 2. The Morgan fingerprint density at radius 2 is 1.95 bits per heavy atom. The monoisotopic (exact) mass is 299 g/mol. The summed E-state index contributed by atoms with van der Waals surface area (Å²) in [5, 5.41) is 10.8. The summed E-state index contributed by atoms with van der Waals surface area (Å²) in [5.41, 5.74) is 3.80. The van der Waals surface area contributed by atoms with Crippen LogP contribution in [0.2, 0.25) is 0 Å². The molecule has 0 bridgehead atoms. The van der Waals surface area contributed by atoms with Crippen LogP contribution in [-0.2, 0) is 20.0 Å². The zero-order valence-corrected chi connectivity index (χ0v) is 13.6. The van der Waals surface area contributed by atoms with E-state index in [2.05, 4.69) is 58.1 Å². The summed E-state index contributed by atoms with van der Waals surface area (Å²) >= 11 is 0. The third-order valence-electron chi connectivity index (χ3n) is 3.50. The van der Waals surface area contributed by atoms with Crippen molar-refractivity contribution in [3.05, 3.63) is 53.3 Å². The van der Waals surface area contributed by atoms with Crippen LogP contribution in [0.25, 0.3) is 0 Å². The molecule has 0 radical (unpaired) electrons. The van der Waals surface area contributed by atoms with E-state index in [9.17, 15) is 0 Å². The van der Waals surface area contributed by atoms with Crippen molar-refractivity contribution in [1.29, 1.82) is 0 Å². The standard InChI is InChI=1S/C17H25N5/c1-14-6-8-15(9-7-14)11-20-17(18-2)19-10-4-5-16-12-21-22(3)13-16/h6-9,12-13H,4-5,10-11H2,1-3H3,(H2,18,19,20). The molecule has 0 spiro atoms. The molecule has 2 N–H and O–H groups in total. The normalized spacial score (nSPS) is 11.5. The highest BCUT2D eigenvalue weighted by molar-refractivity contribution is 5.79. The van der Waals surface area contributed by atoms with E-state index in [1.807, 2.05) is 17.9 Å². The maximum absolute atomic E-state index is 4.25.